The molecule has 9 nitrogen and oxygen atoms in total. The third-order valence-electron chi connectivity index (χ3n) is 3.04. The van der Waals surface area contributed by atoms with Crippen LogP contribution in [0.15, 0.2) is 15.7 Å². The van der Waals surface area contributed by atoms with Crippen molar-refractivity contribution in [2.24, 2.45) is 0 Å². The van der Waals surface area contributed by atoms with Crippen LogP contribution in [0.2, 0.25) is 0 Å². The van der Waals surface area contributed by atoms with Gasteiger partial charge in [-0.3, -0.25) is 9.59 Å². The van der Waals surface area contributed by atoms with Gasteiger partial charge in [0.1, 0.15) is 23.2 Å². The second-order valence-electron chi connectivity index (χ2n) is 4.31. The fourth-order valence-corrected chi connectivity index (χ4v) is 2.77. The van der Waals surface area contributed by atoms with Crippen molar-refractivity contribution in [1.82, 2.24) is 4.57 Å². The smallest absolute Gasteiger partial charge is 0.348 e. The zero-order valence-electron chi connectivity index (χ0n) is 10.8. The Labute approximate surface area is 121 Å². The first-order valence-electron chi connectivity index (χ1n) is 5.88. The van der Waals surface area contributed by atoms with Crippen molar-refractivity contribution in [3.63, 3.8) is 0 Å². The van der Waals surface area contributed by atoms with E-state index in [4.69, 9.17) is 9.84 Å². The van der Waals surface area contributed by atoms with Gasteiger partial charge in [0.05, 0.1) is 13.7 Å². The summed E-state index contributed by atoms with van der Waals surface area (Å²) >= 11 is 0.447. The quantitative estimate of drug-likeness (QED) is 0.528. The van der Waals surface area contributed by atoms with E-state index in [0.717, 1.165) is 13.2 Å². The number of carbonyl (C=O) groups is 1. The topological polar surface area (TPSA) is 135 Å². The van der Waals surface area contributed by atoms with Crippen LogP contribution in [0.3, 0.4) is 0 Å². The number of methoxy groups -OCH3 is 1. The summed E-state index contributed by atoms with van der Waals surface area (Å²) in [7, 11) is 1.11. The van der Waals surface area contributed by atoms with Crippen molar-refractivity contribution >= 4 is 17.3 Å². The maximum absolute atomic E-state index is 12.0. The van der Waals surface area contributed by atoms with Crippen LogP contribution in [0.1, 0.15) is 15.9 Å². The Morgan fingerprint density at radius 3 is 2.57 bits per heavy atom. The van der Waals surface area contributed by atoms with Crippen LogP contribution >= 0.6 is 11.3 Å². The number of esters is 1. The molecule has 1 aliphatic heterocycles. The number of rotatable bonds is 3. The molecule has 1 fully saturated rings. The highest BCUT2D eigenvalue weighted by atomic mass is 32.1. The largest absolute Gasteiger partial charge is 0.465 e. The minimum atomic E-state index is -1.55. The summed E-state index contributed by atoms with van der Waals surface area (Å²) in [6.07, 6.45) is -5.53. The summed E-state index contributed by atoms with van der Waals surface area (Å²) in [4.78, 5) is 34.2. The Balaban J connectivity index is 2.45. The zero-order valence-corrected chi connectivity index (χ0v) is 11.6. The molecule has 1 saturated heterocycles. The molecule has 0 radical (unpaired) electrons. The molecule has 116 valence electrons. The number of hydrogen-bond donors (Lipinski definition) is 3. The van der Waals surface area contributed by atoms with Gasteiger partial charge in [-0.1, -0.05) is 11.3 Å². The first-order chi connectivity index (χ1) is 9.90. The summed E-state index contributed by atoms with van der Waals surface area (Å²) in [5.41, 5.74) is -0.881. The normalized spacial score (nSPS) is 28.6. The van der Waals surface area contributed by atoms with Gasteiger partial charge in [-0.25, -0.2) is 9.36 Å². The molecule has 2 rings (SSSR count). The number of carbonyl (C=O) groups excluding carboxylic acids is 1. The Hall–Kier alpha value is -1.59. The SMILES string of the molecule is COC(=O)c1cc(=O)n(C2OC(CO)C(O)C2O)c(=O)s1. The Morgan fingerprint density at radius 2 is 2.10 bits per heavy atom. The average Bonchev–Trinajstić information content (AvgIpc) is 2.73. The van der Waals surface area contributed by atoms with Gasteiger partial charge in [-0.2, -0.15) is 0 Å². The molecule has 21 heavy (non-hydrogen) atoms. The summed E-state index contributed by atoms with van der Waals surface area (Å²) in [6.45, 7) is -0.582. The van der Waals surface area contributed by atoms with Gasteiger partial charge >= 0.3 is 10.8 Å². The number of aliphatic hydroxyl groups excluding tert-OH is 3. The van der Waals surface area contributed by atoms with E-state index in [1.807, 2.05) is 0 Å². The molecule has 1 aromatic heterocycles. The highest BCUT2D eigenvalue weighted by molar-refractivity contribution is 7.11. The minimum absolute atomic E-state index is 0.185. The average molecular weight is 319 g/mol. The van der Waals surface area contributed by atoms with E-state index in [0.29, 0.717) is 15.9 Å². The van der Waals surface area contributed by atoms with Gasteiger partial charge in [-0.05, 0) is 0 Å². The van der Waals surface area contributed by atoms with Crippen LogP contribution in [-0.4, -0.2) is 57.9 Å². The van der Waals surface area contributed by atoms with Crippen LogP contribution < -0.4 is 10.4 Å². The van der Waals surface area contributed by atoms with Crippen LogP contribution in [0.5, 0.6) is 0 Å². The second-order valence-corrected chi connectivity index (χ2v) is 5.30. The van der Waals surface area contributed by atoms with E-state index >= 15 is 0 Å². The van der Waals surface area contributed by atoms with Crippen molar-refractivity contribution in [3.05, 3.63) is 31.0 Å². The monoisotopic (exact) mass is 319 g/mol. The van der Waals surface area contributed by atoms with E-state index < -0.39 is 47.5 Å². The third kappa shape index (κ3) is 2.76. The number of aromatic nitrogens is 1. The lowest BCUT2D eigenvalue weighted by molar-refractivity contribution is -0.0553. The first kappa shape index (κ1) is 15.8. The molecule has 10 heteroatoms. The molecule has 1 aromatic rings. The zero-order chi connectivity index (χ0) is 15.7. The molecule has 0 saturated carbocycles. The van der Waals surface area contributed by atoms with Gasteiger partial charge in [0.25, 0.3) is 5.56 Å². The van der Waals surface area contributed by atoms with Crippen molar-refractivity contribution in [2.75, 3.05) is 13.7 Å². The van der Waals surface area contributed by atoms with Gasteiger partial charge in [-0.15, -0.1) is 0 Å². The second kappa shape index (κ2) is 6.03. The van der Waals surface area contributed by atoms with Crippen molar-refractivity contribution in [1.29, 1.82) is 0 Å². The van der Waals surface area contributed by atoms with E-state index in [1.54, 1.807) is 0 Å². The highest BCUT2D eigenvalue weighted by Gasteiger charge is 2.44. The molecule has 4 atom stereocenters. The molecular weight excluding hydrogens is 306 g/mol. The van der Waals surface area contributed by atoms with Gasteiger partial charge in [0.15, 0.2) is 6.23 Å². The fraction of sp³-hybridized carbons (Fsp3) is 0.545. The lowest BCUT2D eigenvalue weighted by Crippen LogP contribution is -2.40. The third-order valence-corrected chi connectivity index (χ3v) is 3.92. The Morgan fingerprint density at radius 1 is 1.43 bits per heavy atom. The van der Waals surface area contributed by atoms with Gasteiger partial charge in [0.2, 0.25) is 0 Å². The van der Waals surface area contributed by atoms with Crippen molar-refractivity contribution in [2.45, 2.75) is 24.5 Å². The lowest BCUT2D eigenvalue weighted by Gasteiger charge is -2.16. The van der Waals surface area contributed by atoms with Crippen LogP contribution in [0.4, 0.5) is 0 Å². The summed E-state index contributed by atoms with van der Waals surface area (Å²) in [5.74, 6) is -0.831. The summed E-state index contributed by atoms with van der Waals surface area (Å²) in [5, 5.41) is 28.4. The number of hydrogen-bond acceptors (Lipinski definition) is 9. The molecule has 1 aliphatic rings. The van der Waals surface area contributed by atoms with E-state index in [2.05, 4.69) is 4.74 Å². The standard InChI is InChI=1S/C11H13NO8S/c1-19-10(17)5-2-6(14)12(11(18)21-5)9-8(16)7(15)4(3-13)20-9/h2,4,7-9,13,15-16H,3H2,1H3. The molecule has 3 N–H and O–H groups in total. The maximum atomic E-state index is 12.0. The predicted molar refractivity (Wildman–Crippen MR) is 69.2 cm³/mol. The molecule has 0 spiro atoms. The molecule has 4 unspecified atom stereocenters. The Kier molecular flexibility index (Phi) is 4.54. The number of nitrogens with zero attached hydrogens (tertiary/aromatic N) is 1. The van der Waals surface area contributed by atoms with E-state index in [-0.39, 0.29) is 4.88 Å². The Bertz CT molecular complexity index is 621. The van der Waals surface area contributed by atoms with E-state index in [9.17, 15) is 24.6 Å². The van der Waals surface area contributed by atoms with E-state index in [1.165, 1.54) is 0 Å². The number of aliphatic hydroxyl groups is 3. The minimum Gasteiger partial charge on any atom is -0.465 e. The first-order valence-corrected chi connectivity index (χ1v) is 6.69. The fourth-order valence-electron chi connectivity index (χ4n) is 1.97. The molecule has 2 heterocycles. The summed E-state index contributed by atoms with van der Waals surface area (Å²) in [6, 6.07) is 0.882. The lowest BCUT2D eigenvalue weighted by atomic mass is 10.1. The highest BCUT2D eigenvalue weighted by Crippen LogP contribution is 2.27. The van der Waals surface area contributed by atoms with Crippen LogP contribution in [-0.2, 0) is 9.47 Å². The van der Waals surface area contributed by atoms with Crippen LogP contribution in [0, 0.1) is 0 Å². The molecular formula is C11H13NO8S. The summed E-state index contributed by atoms with van der Waals surface area (Å²) < 4.78 is 10.1. The van der Waals surface area contributed by atoms with Crippen molar-refractivity contribution < 1.29 is 29.6 Å². The van der Waals surface area contributed by atoms with Gasteiger partial charge < -0.3 is 24.8 Å². The molecule has 0 bridgehead atoms. The van der Waals surface area contributed by atoms with Gasteiger partial charge in [0, 0.05) is 6.07 Å². The predicted octanol–water partition coefficient (Wildman–Crippen LogP) is -2.33. The van der Waals surface area contributed by atoms with Crippen molar-refractivity contribution in [3.8, 4) is 0 Å². The van der Waals surface area contributed by atoms with Crippen LogP contribution in [0.25, 0.3) is 0 Å². The molecule has 0 amide bonds. The number of ether oxygens (including phenoxy) is 2. The molecule has 0 aromatic carbocycles. The molecule has 0 aliphatic carbocycles. The maximum Gasteiger partial charge on any atom is 0.348 e.